The predicted molar refractivity (Wildman–Crippen MR) is 78.6 cm³/mol. The minimum Gasteiger partial charge on any atom is -0.456 e. The van der Waals surface area contributed by atoms with Gasteiger partial charge in [0.1, 0.15) is 16.8 Å². The lowest BCUT2D eigenvalue weighted by molar-refractivity contribution is 0.297. The number of ether oxygens (including phenoxy) is 1. The SMILES string of the molecule is C=CCOP(=O)(O)c1ccccc1Oc1ccccc1. The van der Waals surface area contributed by atoms with Gasteiger partial charge >= 0.3 is 7.60 Å². The van der Waals surface area contributed by atoms with Crippen LogP contribution < -0.4 is 10.0 Å². The summed E-state index contributed by atoms with van der Waals surface area (Å²) < 4.78 is 22.8. The molecule has 2 aromatic carbocycles. The van der Waals surface area contributed by atoms with Gasteiger partial charge in [0.25, 0.3) is 0 Å². The Morgan fingerprint density at radius 3 is 2.45 bits per heavy atom. The minimum atomic E-state index is -3.93. The van der Waals surface area contributed by atoms with E-state index in [0.717, 1.165) is 0 Å². The molecule has 0 amide bonds. The van der Waals surface area contributed by atoms with Crippen LogP contribution in [0, 0.1) is 0 Å². The second kappa shape index (κ2) is 6.53. The van der Waals surface area contributed by atoms with Crippen molar-refractivity contribution in [3.63, 3.8) is 0 Å². The van der Waals surface area contributed by atoms with Crippen molar-refractivity contribution in [2.75, 3.05) is 6.61 Å². The molecule has 4 nitrogen and oxygen atoms in total. The topological polar surface area (TPSA) is 55.8 Å². The number of rotatable bonds is 6. The van der Waals surface area contributed by atoms with Crippen LogP contribution in [0.25, 0.3) is 0 Å². The predicted octanol–water partition coefficient (Wildman–Crippen LogP) is 3.49. The molecular weight excluding hydrogens is 275 g/mol. The van der Waals surface area contributed by atoms with E-state index in [1.165, 1.54) is 12.1 Å². The van der Waals surface area contributed by atoms with Crippen molar-refractivity contribution in [1.29, 1.82) is 0 Å². The molecule has 0 aliphatic carbocycles. The lowest BCUT2D eigenvalue weighted by atomic mass is 10.3. The normalized spacial score (nSPS) is 13.4. The highest BCUT2D eigenvalue weighted by atomic mass is 31.2. The second-order valence-corrected chi connectivity index (χ2v) is 5.77. The molecular formula is C15H15O4P. The Labute approximate surface area is 117 Å². The Balaban J connectivity index is 2.31. The Morgan fingerprint density at radius 1 is 1.10 bits per heavy atom. The van der Waals surface area contributed by atoms with Gasteiger partial charge in [-0.15, -0.1) is 6.58 Å². The third-order valence-electron chi connectivity index (χ3n) is 2.51. The molecule has 0 saturated carbocycles. The molecule has 0 saturated heterocycles. The van der Waals surface area contributed by atoms with Gasteiger partial charge in [-0.25, -0.2) is 0 Å². The van der Waals surface area contributed by atoms with Crippen LogP contribution in [0.5, 0.6) is 11.5 Å². The van der Waals surface area contributed by atoms with Gasteiger partial charge < -0.3 is 14.2 Å². The first-order chi connectivity index (χ1) is 9.63. The van der Waals surface area contributed by atoms with Crippen molar-refractivity contribution in [3.05, 3.63) is 67.3 Å². The number of benzene rings is 2. The van der Waals surface area contributed by atoms with Crippen LogP contribution >= 0.6 is 7.60 Å². The molecule has 0 heterocycles. The highest BCUT2D eigenvalue weighted by molar-refractivity contribution is 7.61. The Bertz CT molecular complexity index is 625. The number of para-hydroxylation sites is 2. The van der Waals surface area contributed by atoms with Crippen LogP contribution in [0.4, 0.5) is 0 Å². The van der Waals surface area contributed by atoms with Crippen molar-refractivity contribution >= 4 is 12.9 Å². The molecule has 1 unspecified atom stereocenters. The molecule has 0 spiro atoms. The quantitative estimate of drug-likeness (QED) is 0.653. The monoisotopic (exact) mass is 290 g/mol. The molecule has 0 fully saturated rings. The molecule has 104 valence electrons. The van der Waals surface area contributed by atoms with E-state index in [1.807, 2.05) is 18.2 Å². The van der Waals surface area contributed by atoms with Crippen molar-refractivity contribution in [1.82, 2.24) is 0 Å². The maximum absolute atomic E-state index is 12.2. The smallest absolute Gasteiger partial charge is 0.362 e. The third-order valence-corrected chi connectivity index (χ3v) is 3.99. The summed E-state index contributed by atoms with van der Waals surface area (Å²) in [6.45, 7) is 3.45. The third kappa shape index (κ3) is 3.58. The first kappa shape index (κ1) is 14.5. The molecule has 2 rings (SSSR count). The minimum absolute atomic E-state index is 0.00650. The van der Waals surface area contributed by atoms with Gasteiger partial charge in [0.15, 0.2) is 0 Å². The van der Waals surface area contributed by atoms with Crippen molar-refractivity contribution < 1.29 is 18.7 Å². The molecule has 0 bridgehead atoms. The fraction of sp³-hybridized carbons (Fsp3) is 0.0667. The first-order valence-electron chi connectivity index (χ1n) is 6.04. The van der Waals surface area contributed by atoms with Crippen LogP contribution in [0.2, 0.25) is 0 Å². The van der Waals surface area contributed by atoms with Crippen molar-refractivity contribution in [3.8, 4) is 11.5 Å². The summed E-state index contributed by atoms with van der Waals surface area (Å²) in [6.07, 6.45) is 1.42. The lowest BCUT2D eigenvalue weighted by Gasteiger charge is -2.15. The van der Waals surface area contributed by atoms with Gasteiger partial charge in [-0.1, -0.05) is 36.4 Å². The van der Waals surface area contributed by atoms with Gasteiger partial charge in [0.05, 0.1) is 6.61 Å². The maximum atomic E-state index is 12.2. The van der Waals surface area contributed by atoms with Crippen molar-refractivity contribution in [2.45, 2.75) is 0 Å². The summed E-state index contributed by atoms with van der Waals surface area (Å²) in [5.41, 5.74) is 0. The maximum Gasteiger partial charge on any atom is 0.362 e. The van der Waals surface area contributed by atoms with Gasteiger partial charge in [0.2, 0.25) is 0 Å². The molecule has 0 radical (unpaired) electrons. The van der Waals surface area contributed by atoms with Gasteiger partial charge in [-0.05, 0) is 24.3 Å². The molecule has 20 heavy (non-hydrogen) atoms. The molecule has 0 aromatic heterocycles. The van der Waals surface area contributed by atoms with E-state index in [4.69, 9.17) is 9.26 Å². The molecule has 0 aliphatic heterocycles. The fourth-order valence-electron chi connectivity index (χ4n) is 1.62. The standard InChI is InChI=1S/C15H15O4P/c1-2-12-18-20(16,17)15-11-7-6-10-14(15)19-13-8-4-3-5-9-13/h2-11H,1,12H2,(H,16,17). The van der Waals surface area contributed by atoms with Gasteiger partial charge in [-0.2, -0.15) is 0 Å². The largest absolute Gasteiger partial charge is 0.456 e. The van der Waals surface area contributed by atoms with Crippen LogP contribution in [0.3, 0.4) is 0 Å². The molecule has 5 heteroatoms. The summed E-state index contributed by atoms with van der Waals surface area (Å²) in [4.78, 5) is 9.98. The fourth-order valence-corrected chi connectivity index (χ4v) is 2.74. The van der Waals surface area contributed by atoms with E-state index in [-0.39, 0.29) is 11.9 Å². The second-order valence-electron chi connectivity index (χ2n) is 3.99. The van der Waals surface area contributed by atoms with Crippen LogP contribution in [-0.2, 0) is 9.09 Å². The van der Waals surface area contributed by atoms with Crippen LogP contribution in [-0.4, -0.2) is 11.5 Å². The Hall–Kier alpha value is -1.87. The zero-order valence-corrected chi connectivity index (χ0v) is 11.7. The summed E-state index contributed by atoms with van der Waals surface area (Å²) in [5, 5.41) is 0.130. The molecule has 1 N–H and O–H groups in total. The van der Waals surface area contributed by atoms with E-state index >= 15 is 0 Å². The van der Waals surface area contributed by atoms with Crippen LogP contribution in [0.15, 0.2) is 67.3 Å². The summed E-state index contributed by atoms with van der Waals surface area (Å²) in [7, 11) is -3.93. The zero-order chi connectivity index (χ0) is 14.4. The number of hydrogen-bond acceptors (Lipinski definition) is 3. The molecule has 0 aliphatic rings. The van der Waals surface area contributed by atoms with Crippen molar-refractivity contribution in [2.24, 2.45) is 0 Å². The first-order valence-corrected chi connectivity index (χ1v) is 7.62. The van der Waals surface area contributed by atoms with Gasteiger partial charge in [-0.3, -0.25) is 4.57 Å². The molecule has 2 aromatic rings. The summed E-state index contributed by atoms with van der Waals surface area (Å²) >= 11 is 0. The number of hydrogen-bond donors (Lipinski definition) is 1. The van der Waals surface area contributed by atoms with E-state index in [1.54, 1.807) is 30.3 Å². The zero-order valence-electron chi connectivity index (χ0n) is 10.8. The Kier molecular flexibility index (Phi) is 4.74. The van der Waals surface area contributed by atoms with E-state index < -0.39 is 7.60 Å². The highest BCUT2D eigenvalue weighted by Crippen LogP contribution is 2.44. The van der Waals surface area contributed by atoms with Crippen LogP contribution in [0.1, 0.15) is 0 Å². The summed E-state index contributed by atoms with van der Waals surface area (Å²) in [6, 6.07) is 15.6. The average molecular weight is 290 g/mol. The highest BCUT2D eigenvalue weighted by Gasteiger charge is 2.26. The molecule has 1 atom stereocenters. The van der Waals surface area contributed by atoms with Gasteiger partial charge in [0, 0.05) is 0 Å². The Morgan fingerprint density at radius 2 is 1.75 bits per heavy atom. The summed E-state index contributed by atoms with van der Waals surface area (Å²) in [5.74, 6) is 0.886. The average Bonchev–Trinajstić information content (AvgIpc) is 2.47. The van der Waals surface area contributed by atoms with E-state index in [0.29, 0.717) is 11.5 Å². The van der Waals surface area contributed by atoms with E-state index in [2.05, 4.69) is 6.58 Å². The lowest BCUT2D eigenvalue weighted by Crippen LogP contribution is -2.10. The van der Waals surface area contributed by atoms with E-state index in [9.17, 15) is 9.46 Å².